The zero-order chi connectivity index (χ0) is 11.1. The summed E-state index contributed by atoms with van der Waals surface area (Å²) in [6, 6.07) is 0. The molecule has 1 heterocycles. The number of nitrogens with zero attached hydrogens (tertiary/aromatic N) is 1. The Labute approximate surface area is 89.9 Å². The molecule has 1 saturated heterocycles. The van der Waals surface area contributed by atoms with E-state index in [9.17, 15) is 9.59 Å². The highest BCUT2D eigenvalue weighted by molar-refractivity contribution is 5.94. The fourth-order valence-corrected chi connectivity index (χ4v) is 1.52. The van der Waals surface area contributed by atoms with Crippen LogP contribution < -0.4 is 0 Å². The van der Waals surface area contributed by atoms with Crippen LogP contribution in [0.1, 0.15) is 19.8 Å². The van der Waals surface area contributed by atoms with E-state index in [4.69, 9.17) is 4.74 Å². The van der Waals surface area contributed by atoms with Crippen molar-refractivity contribution in [2.75, 3.05) is 26.2 Å². The average Bonchev–Trinajstić information content (AvgIpc) is 2.67. The molecule has 0 atom stereocenters. The normalized spacial score (nSPS) is 17.1. The van der Waals surface area contributed by atoms with Gasteiger partial charge >= 0.3 is 5.97 Å². The van der Waals surface area contributed by atoms with E-state index in [0.29, 0.717) is 6.61 Å². The standard InChI is InChI=1S/C11H17NO3/c1-10(13)4-5-11(14)15-9-8-12-6-2-3-7-12/h4-5H,2-3,6-9H2,1H3/b5-4+. The summed E-state index contributed by atoms with van der Waals surface area (Å²) in [6.45, 7) is 4.79. The van der Waals surface area contributed by atoms with Crippen LogP contribution in [0.15, 0.2) is 12.2 Å². The van der Waals surface area contributed by atoms with Crippen LogP contribution in [0, 0.1) is 0 Å². The molecule has 84 valence electrons. The summed E-state index contributed by atoms with van der Waals surface area (Å²) < 4.78 is 4.93. The number of carbonyl (C=O) groups is 2. The summed E-state index contributed by atoms with van der Waals surface area (Å²) in [5.41, 5.74) is 0. The quantitative estimate of drug-likeness (QED) is 0.498. The third-order valence-corrected chi connectivity index (χ3v) is 2.30. The van der Waals surface area contributed by atoms with Crippen molar-refractivity contribution in [3.63, 3.8) is 0 Å². The smallest absolute Gasteiger partial charge is 0.330 e. The lowest BCUT2D eigenvalue weighted by atomic mass is 10.4. The Morgan fingerprint density at radius 3 is 2.53 bits per heavy atom. The van der Waals surface area contributed by atoms with Gasteiger partial charge in [-0.05, 0) is 38.9 Å². The van der Waals surface area contributed by atoms with Crippen LogP contribution in [0.2, 0.25) is 0 Å². The van der Waals surface area contributed by atoms with E-state index in [-0.39, 0.29) is 5.78 Å². The maximum absolute atomic E-state index is 11.0. The molecule has 1 rings (SSSR count). The minimum atomic E-state index is -0.440. The molecule has 1 aliphatic heterocycles. The molecule has 0 saturated carbocycles. The Balaban J connectivity index is 2.08. The SMILES string of the molecule is CC(=O)/C=C/C(=O)OCCN1CCCC1. The lowest BCUT2D eigenvalue weighted by Crippen LogP contribution is -2.24. The van der Waals surface area contributed by atoms with Crippen molar-refractivity contribution < 1.29 is 14.3 Å². The van der Waals surface area contributed by atoms with Crippen molar-refractivity contribution in [1.29, 1.82) is 0 Å². The van der Waals surface area contributed by atoms with E-state index >= 15 is 0 Å². The van der Waals surface area contributed by atoms with E-state index in [1.165, 1.54) is 31.9 Å². The van der Waals surface area contributed by atoms with Gasteiger partial charge in [0, 0.05) is 12.6 Å². The first kappa shape index (κ1) is 11.9. The van der Waals surface area contributed by atoms with Gasteiger partial charge in [0.15, 0.2) is 5.78 Å². The van der Waals surface area contributed by atoms with Gasteiger partial charge in [-0.3, -0.25) is 9.69 Å². The number of carbonyl (C=O) groups excluding carboxylic acids is 2. The lowest BCUT2D eigenvalue weighted by Gasteiger charge is -2.13. The first-order valence-corrected chi connectivity index (χ1v) is 5.26. The van der Waals surface area contributed by atoms with Gasteiger partial charge in [0.2, 0.25) is 0 Å². The number of hydrogen-bond donors (Lipinski definition) is 0. The lowest BCUT2D eigenvalue weighted by molar-refractivity contribution is -0.138. The topological polar surface area (TPSA) is 46.6 Å². The molecule has 0 bridgehead atoms. The molecular formula is C11H17NO3. The van der Waals surface area contributed by atoms with Crippen molar-refractivity contribution in [2.24, 2.45) is 0 Å². The molecular weight excluding hydrogens is 194 g/mol. The van der Waals surface area contributed by atoms with E-state index in [2.05, 4.69) is 4.90 Å². The number of hydrogen-bond acceptors (Lipinski definition) is 4. The molecule has 0 N–H and O–H groups in total. The Morgan fingerprint density at radius 2 is 1.93 bits per heavy atom. The van der Waals surface area contributed by atoms with Gasteiger partial charge in [0.25, 0.3) is 0 Å². The maximum Gasteiger partial charge on any atom is 0.330 e. The van der Waals surface area contributed by atoms with Gasteiger partial charge in [-0.25, -0.2) is 4.79 Å². The van der Waals surface area contributed by atoms with Crippen LogP contribution in [0.25, 0.3) is 0 Å². The molecule has 0 aromatic heterocycles. The van der Waals surface area contributed by atoms with Gasteiger partial charge < -0.3 is 4.74 Å². The molecule has 0 aromatic carbocycles. The van der Waals surface area contributed by atoms with Crippen LogP contribution in [0.3, 0.4) is 0 Å². The van der Waals surface area contributed by atoms with E-state index < -0.39 is 5.97 Å². The zero-order valence-electron chi connectivity index (χ0n) is 9.07. The average molecular weight is 211 g/mol. The third-order valence-electron chi connectivity index (χ3n) is 2.30. The highest BCUT2D eigenvalue weighted by Crippen LogP contribution is 2.05. The van der Waals surface area contributed by atoms with Crippen LogP contribution in [0.5, 0.6) is 0 Å². The molecule has 15 heavy (non-hydrogen) atoms. The molecule has 0 spiro atoms. The summed E-state index contributed by atoms with van der Waals surface area (Å²) in [6.07, 6.45) is 4.86. The molecule has 0 unspecified atom stereocenters. The van der Waals surface area contributed by atoms with Gasteiger partial charge in [-0.15, -0.1) is 0 Å². The van der Waals surface area contributed by atoms with Crippen molar-refractivity contribution >= 4 is 11.8 Å². The first-order chi connectivity index (χ1) is 7.18. The molecule has 0 radical (unpaired) electrons. The van der Waals surface area contributed by atoms with Gasteiger partial charge in [-0.2, -0.15) is 0 Å². The predicted molar refractivity (Wildman–Crippen MR) is 56.5 cm³/mol. The second kappa shape index (κ2) is 6.35. The summed E-state index contributed by atoms with van der Waals surface area (Å²) >= 11 is 0. The monoisotopic (exact) mass is 211 g/mol. The number of rotatable bonds is 5. The van der Waals surface area contributed by atoms with E-state index in [1.807, 2.05) is 0 Å². The number of ketones is 1. The Bertz CT molecular complexity index is 255. The second-order valence-electron chi connectivity index (χ2n) is 3.66. The Kier molecular flexibility index (Phi) is 5.04. The molecule has 1 fully saturated rings. The number of likely N-dealkylation sites (tertiary alicyclic amines) is 1. The van der Waals surface area contributed by atoms with Crippen molar-refractivity contribution in [3.8, 4) is 0 Å². The van der Waals surface area contributed by atoms with Gasteiger partial charge in [0.1, 0.15) is 6.61 Å². The molecule has 4 nitrogen and oxygen atoms in total. The fraction of sp³-hybridized carbons (Fsp3) is 0.636. The first-order valence-electron chi connectivity index (χ1n) is 5.26. The molecule has 1 aliphatic rings. The highest BCUT2D eigenvalue weighted by Gasteiger charge is 2.10. The Morgan fingerprint density at radius 1 is 1.27 bits per heavy atom. The van der Waals surface area contributed by atoms with Crippen LogP contribution in [-0.4, -0.2) is 42.9 Å². The largest absolute Gasteiger partial charge is 0.461 e. The summed E-state index contributed by atoms with van der Waals surface area (Å²) in [7, 11) is 0. The zero-order valence-corrected chi connectivity index (χ0v) is 9.07. The van der Waals surface area contributed by atoms with Crippen LogP contribution in [-0.2, 0) is 14.3 Å². The highest BCUT2D eigenvalue weighted by atomic mass is 16.5. The molecule has 0 aliphatic carbocycles. The van der Waals surface area contributed by atoms with Gasteiger partial charge in [0.05, 0.1) is 0 Å². The van der Waals surface area contributed by atoms with Crippen molar-refractivity contribution in [2.45, 2.75) is 19.8 Å². The fourth-order valence-electron chi connectivity index (χ4n) is 1.52. The minimum Gasteiger partial charge on any atom is -0.461 e. The van der Waals surface area contributed by atoms with Crippen LogP contribution >= 0.6 is 0 Å². The van der Waals surface area contributed by atoms with E-state index in [0.717, 1.165) is 19.6 Å². The number of esters is 1. The summed E-state index contributed by atoms with van der Waals surface area (Å²) in [5, 5.41) is 0. The number of allylic oxidation sites excluding steroid dienone is 1. The molecule has 0 amide bonds. The molecule has 4 heteroatoms. The minimum absolute atomic E-state index is 0.147. The van der Waals surface area contributed by atoms with E-state index in [1.54, 1.807) is 0 Å². The van der Waals surface area contributed by atoms with Gasteiger partial charge in [-0.1, -0.05) is 0 Å². The van der Waals surface area contributed by atoms with Crippen molar-refractivity contribution in [3.05, 3.63) is 12.2 Å². The second-order valence-corrected chi connectivity index (χ2v) is 3.66. The summed E-state index contributed by atoms with van der Waals surface area (Å²) in [5.74, 6) is -0.587. The summed E-state index contributed by atoms with van der Waals surface area (Å²) in [4.78, 5) is 23.8. The Hall–Kier alpha value is -1.16. The van der Waals surface area contributed by atoms with Crippen LogP contribution in [0.4, 0.5) is 0 Å². The van der Waals surface area contributed by atoms with Crippen molar-refractivity contribution in [1.82, 2.24) is 4.90 Å². The predicted octanol–water partition coefficient (Wildman–Crippen LogP) is 0.771. The maximum atomic E-state index is 11.0. The number of ether oxygens (including phenoxy) is 1. The third kappa shape index (κ3) is 5.32. The molecule has 0 aromatic rings.